The summed E-state index contributed by atoms with van der Waals surface area (Å²) in [6.07, 6.45) is 5.15. The van der Waals surface area contributed by atoms with E-state index >= 15 is 0 Å². The van der Waals surface area contributed by atoms with Crippen molar-refractivity contribution in [2.75, 3.05) is 11.5 Å². The van der Waals surface area contributed by atoms with Gasteiger partial charge in [0, 0.05) is 16.7 Å². The first-order valence-electron chi connectivity index (χ1n) is 6.93. The Bertz CT molecular complexity index is 966. The van der Waals surface area contributed by atoms with Crippen molar-refractivity contribution in [2.24, 2.45) is 0 Å². The fourth-order valence-electron chi connectivity index (χ4n) is 2.55. The van der Waals surface area contributed by atoms with Crippen molar-refractivity contribution in [2.45, 2.75) is 0 Å². The van der Waals surface area contributed by atoms with Crippen LogP contribution < -0.4 is 9.64 Å². The van der Waals surface area contributed by atoms with Crippen LogP contribution in [0.5, 0.6) is 5.75 Å². The molecule has 1 heterocycles. The first kappa shape index (κ1) is 17.6. The van der Waals surface area contributed by atoms with Crippen LogP contribution in [0.3, 0.4) is 0 Å². The molecular formula is C18H9Cl3FNO2. The van der Waals surface area contributed by atoms with Gasteiger partial charge in [0.05, 0.1) is 27.0 Å². The maximum atomic E-state index is 14.5. The topological polar surface area (TPSA) is 29.5 Å². The summed E-state index contributed by atoms with van der Waals surface area (Å²) in [7, 11) is 0. The fourth-order valence-corrected chi connectivity index (χ4v) is 3.33. The third kappa shape index (κ3) is 2.96. The summed E-state index contributed by atoms with van der Waals surface area (Å²) in [6, 6.07) is 5.32. The first-order valence-corrected chi connectivity index (χ1v) is 8.06. The van der Waals surface area contributed by atoms with Crippen LogP contribution in [-0.2, 0) is 0 Å². The van der Waals surface area contributed by atoms with Crippen LogP contribution in [0.15, 0.2) is 30.8 Å². The van der Waals surface area contributed by atoms with Crippen molar-refractivity contribution in [3.05, 3.63) is 62.9 Å². The first-order chi connectivity index (χ1) is 11.8. The Morgan fingerprint density at radius 1 is 1.20 bits per heavy atom. The van der Waals surface area contributed by atoms with Gasteiger partial charge in [-0.1, -0.05) is 47.3 Å². The third-order valence-electron chi connectivity index (χ3n) is 3.61. The average Bonchev–Trinajstić information content (AvgIpc) is 2.78. The molecule has 3 nitrogen and oxygen atoms in total. The highest BCUT2D eigenvalue weighted by molar-refractivity contribution is 6.40. The van der Waals surface area contributed by atoms with Crippen molar-refractivity contribution in [3.8, 4) is 18.1 Å². The summed E-state index contributed by atoms with van der Waals surface area (Å²) >= 11 is 18.1. The highest BCUT2D eigenvalue weighted by Crippen LogP contribution is 2.43. The molecule has 1 amide bonds. The number of carbonyl (C=O) groups is 1. The smallest absolute Gasteiger partial charge is 0.265 e. The molecule has 0 fully saturated rings. The molecule has 0 aliphatic carbocycles. The van der Waals surface area contributed by atoms with Gasteiger partial charge in [0.15, 0.2) is 0 Å². The minimum atomic E-state index is -0.720. The van der Waals surface area contributed by atoms with E-state index < -0.39 is 11.7 Å². The number of ether oxygens (including phenoxy) is 1. The number of nitrogens with zero attached hydrogens (tertiary/aromatic N) is 1. The molecule has 2 aromatic rings. The lowest BCUT2D eigenvalue weighted by molar-refractivity contribution is 0.101. The van der Waals surface area contributed by atoms with Gasteiger partial charge in [0.1, 0.15) is 18.2 Å². The Labute approximate surface area is 158 Å². The number of terminal acetylenes is 1. The molecule has 0 aromatic heterocycles. The van der Waals surface area contributed by atoms with Crippen molar-refractivity contribution in [3.63, 3.8) is 0 Å². The van der Waals surface area contributed by atoms with Crippen molar-refractivity contribution >= 4 is 52.1 Å². The van der Waals surface area contributed by atoms with E-state index in [4.69, 9.17) is 46.0 Å². The molecule has 0 spiro atoms. The summed E-state index contributed by atoms with van der Waals surface area (Å²) in [5.74, 6) is 1.20. The largest absolute Gasteiger partial charge is 0.479 e. The van der Waals surface area contributed by atoms with E-state index in [1.807, 2.05) is 0 Å². The quantitative estimate of drug-likeness (QED) is 0.648. The van der Waals surface area contributed by atoms with Gasteiger partial charge >= 0.3 is 0 Å². The maximum absolute atomic E-state index is 14.5. The highest BCUT2D eigenvalue weighted by atomic mass is 35.5. The van der Waals surface area contributed by atoms with Crippen LogP contribution in [0.1, 0.15) is 15.9 Å². The van der Waals surface area contributed by atoms with Gasteiger partial charge in [-0.25, -0.2) is 4.39 Å². The van der Waals surface area contributed by atoms with E-state index in [0.29, 0.717) is 10.6 Å². The van der Waals surface area contributed by atoms with Gasteiger partial charge < -0.3 is 4.74 Å². The monoisotopic (exact) mass is 395 g/mol. The van der Waals surface area contributed by atoms with Crippen LogP contribution in [0, 0.1) is 18.2 Å². The number of hydrogen-bond acceptors (Lipinski definition) is 2. The Balaban J connectivity index is 2.12. The minimum absolute atomic E-state index is 0.0346. The molecule has 7 heteroatoms. The van der Waals surface area contributed by atoms with Gasteiger partial charge in [-0.2, -0.15) is 0 Å². The molecular weight excluding hydrogens is 388 g/mol. The van der Waals surface area contributed by atoms with E-state index in [1.165, 1.54) is 12.1 Å². The molecule has 1 aliphatic heterocycles. The van der Waals surface area contributed by atoms with E-state index in [2.05, 4.69) is 12.5 Å². The van der Waals surface area contributed by atoms with Gasteiger partial charge in [0.2, 0.25) is 0 Å². The van der Waals surface area contributed by atoms with Crippen LogP contribution in [-0.4, -0.2) is 12.5 Å². The zero-order valence-electron chi connectivity index (χ0n) is 12.6. The molecule has 25 heavy (non-hydrogen) atoms. The molecule has 2 aromatic carbocycles. The van der Waals surface area contributed by atoms with Gasteiger partial charge in [-0.15, -0.1) is 6.42 Å². The molecule has 0 unspecified atom stereocenters. The second kappa shape index (κ2) is 6.61. The van der Waals surface area contributed by atoms with Crippen molar-refractivity contribution in [1.82, 2.24) is 0 Å². The van der Waals surface area contributed by atoms with Crippen LogP contribution in [0.4, 0.5) is 10.1 Å². The molecule has 1 aliphatic rings. The highest BCUT2D eigenvalue weighted by Gasteiger charge is 2.36. The van der Waals surface area contributed by atoms with Crippen molar-refractivity contribution in [1.29, 1.82) is 0 Å². The van der Waals surface area contributed by atoms with E-state index in [1.54, 1.807) is 6.07 Å². The molecule has 0 saturated carbocycles. The second-order valence-corrected chi connectivity index (χ2v) is 6.38. The SMILES string of the molecule is C#CCOc1cc(N2C(=C)c3cc(Cl)cc(Cl)c3C2=O)c(F)cc1Cl. The normalized spacial score (nSPS) is 13.0. The van der Waals surface area contributed by atoms with E-state index in [0.717, 1.165) is 11.0 Å². The summed E-state index contributed by atoms with van der Waals surface area (Å²) in [5.41, 5.74) is 0.808. The number of benzene rings is 2. The summed E-state index contributed by atoms with van der Waals surface area (Å²) in [6.45, 7) is 3.80. The minimum Gasteiger partial charge on any atom is -0.479 e. The van der Waals surface area contributed by atoms with Crippen molar-refractivity contribution < 1.29 is 13.9 Å². The van der Waals surface area contributed by atoms with Gasteiger partial charge in [-0.05, 0) is 18.2 Å². The lowest BCUT2D eigenvalue weighted by atomic mass is 10.1. The number of rotatable bonds is 3. The molecule has 0 atom stereocenters. The molecule has 0 bridgehead atoms. The maximum Gasteiger partial charge on any atom is 0.265 e. The average molecular weight is 397 g/mol. The third-order valence-corrected chi connectivity index (χ3v) is 4.42. The van der Waals surface area contributed by atoms with Crippen LogP contribution in [0.25, 0.3) is 5.70 Å². The number of carbonyl (C=O) groups excluding carboxylic acids is 1. The lowest BCUT2D eigenvalue weighted by Gasteiger charge is -2.19. The summed E-state index contributed by atoms with van der Waals surface area (Å²) < 4.78 is 19.8. The van der Waals surface area contributed by atoms with E-state index in [9.17, 15) is 9.18 Å². The molecule has 0 radical (unpaired) electrons. The number of amides is 1. The Kier molecular flexibility index (Phi) is 4.66. The number of halogens is 4. The predicted octanol–water partition coefficient (Wildman–Crippen LogP) is 5.43. The predicted molar refractivity (Wildman–Crippen MR) is 98.0 cm³/mol. The number of anilines is 1. The zero-order valence-corrected chi connectivity index (χ0v) is 14.8. The molecule has 0 N–H and O–H groups in total. The molecule has 3 rings (SSSR count). The second-order valence-electron chi connectivity index (χ2n) is 5.12. The standard InChI is InChI=1S/C18H9Cl3FNO2/c1-3-4-25-16-8-15(14(22)7-12(16)20)23-9(2)11-5-10(19)6-13(21)17(11)18(23)24/h1,5-8H,2,4H2. The Hall–Kier alpha value is -2.19. The number of fused-ring (bicyclic) bond motifs is 1. The van der Waals surface area contributed by atoms with Crippen LogP contribution >= 0.6 is 34.8 Å². The van der Waals surface area contributed by atoms with Gasteiger partial charge in [0.25, 0.3) is 5.91 Å². The lowest BCUT2D eigenvalue weighted by Crippen LogP contribution is -2.23. The Morgan fingerprint density at radius 2 is 1.92 bits per heavy atom. The zero-order chi connectivity index (χ0) is 18.3. The van der Waals surface area contributed by atoms with Gasteiger partial charge in [-0.3, -0.25) is 9.69 Å². The Morgan fingerprint density at radius 3 is 2.60 bits per heavy atom. The molecule has 126 valence electrons. The summed E-state index contributed by atoms with van der Waals surface area (Å²) in [5, 5.41) is 0.538. The fraction of sp³-hybridized carbons (Fsp3) is 0.0556. The van der Waals surface area contributed by atoms with Crippen LogP contribution in [0.2, 0.25) is 15.1 Å². The molecule has 0 saturated heterocycles. The van der Waals surface area contributed by atoms with E-state index in [-0.39, 0.29) is 39.3 Å². The summed E-state index contributed by atoms with van der Waals surface area (Å²) in [4.78, 5) is 13.9. The number of hydrogen-bond donors (Lipinski definition) is 0.